The van der Waals surface area contributed by atoms with E-state index >= 15 is 0 Å². The van der Waals surface area contributed by atoms with Crippen molar-refractivity contribution in [2.75, 3.05) is 5.32 Å². The largest absolute Gasteiger partial charge is 0.486 e. The number of hydrogen-bond acceptors (Lipinski definition) is 6. The molecule has 8 heteroatoms. The summed E-state index contributed by atoms with van der Waals surface area (Å²) in [6.07, 6.45) is 6.81. The van der Waals surface area contributed by atoms with Crippen molar-refractivity contribution < 1.29 is 18.8 Å². The number of anilines is 1. The fourth-order valence-corrected chi connectivity index (χ4v) is 4.18. The minimum Gasteiger partial charge on any atom is -0.486 e. The predicted octanol–water partition coefficient (Wildman–Crippen LogP) is 5.02. The molecule has 1 aliphatic carbocycles. The Morgan fingerprint density at radius 1 is 1.06 bits per heavy atom. The van der Waals surface area contributed by atoms with Gasteiger partial charge < -0.3 is 19.9 Å². The highest BCUT2D eigenvalue weighted by atomic mass is 32.1. The van der Waals surface area contributed by atoms with E-state index in [1.54, 1.807) is 36.4 Å². The van der Waals surface area contributed by atoms with Crippen molar-refractivity contribution in [2.45, 2.75) is 51.2 Å². The molecule has 162 valence electrons. The van der Waals surface area contributed by atoms with Gasteiger partial charge in [-0.2, -0.15) is 0 Å². The van der Waals surface area contributed by atoms with Crippen LogP contribution in [0.1, 0.15) is 64.4 Å². The first-order valence-corrected chi connectivity index (χ1v) is 11.4. The van der Waals surface area contributed by atoms with Gasteiger partial charge in [0.1, 0.15) is 12.4 Å². The maximum Gasteiger partial charge on any atom is 0.273 e. The smallest absolute Gasteiger partial charge is 0.273 e. The number of aromatic nitrogens is 1. The zero-order chi connectivity index (χ0) is 21.5. The fraction of sp³-hybridized carbons (Fsp3) is 0.348. The Morgan fingerprint density at radius 3 is 2.55 bits per heavy atom. The number of carbonyl (C=O) groups is 2. The van der Waals surface area contributed by atoms with Crippen LogP contribution in [0.2, 0.25) is 0 Å². The summed E-state index contributed by atoms with van der Waals surface area (Å²) in [5, 5.41) is 11.6. The molecule has 7 nitrogen and oxygen atoms in total. The molecule has 2 amide bonds. The van der Waals surface area contributed by atoms with E-state index in [0.717, 1.165) is 25.7 Å². The average molecular weight is 440 g/mol. The van der Waals surface area contributed by atoms with Gasteiger partial charge in [-0.25, -0.2) is 0 Å². The van der Waals surface area contributed by atoms with E-state index in [4.69, 9.17) is 9.26 Å². The molecule has 1 aromatic carbocycles. The third-order valence-corrected chi connectivity index (χ3v) is 6.09. The van der Waals surface area contributed by atoms with Crippen LogP contribution < -0.4 is 15.4 Å². The molecule has 2 heterocycles. The molecule has 4 rings (SSSR count). The van der Waals surface area contributed by atoms with Crippen molar-refractivity contribution in [1.29, 1.82) is 0 Å². The maximum absolute atomic E-state index is 12.4. The van der Waals surface area contributed by atoms with Crippen LogP contribution in [-0.4, -0.2) is 23.0 Å². The van der Waals surface area contributed by atoms with E-state index in [2.05, 4.69) is 15.8 Å². The summed E-state index contributed by atoms with van der Waals surface area (Å²) in [7, 11) is 0. The van der Waals surface area contributed by atoms with Gasteiger partial charge >= 0.3 is 0 Å². The van der Waals surface area contributed by atoms with Gasteiger partial charge in [-0.15, -0.1) is 11.3 Å². The molecule has 0 saturated heterocycles. The summed E-state index contributed by atoms with van der Waals surface area (Å²) in [6, 6.07) is 12.5. The van der Waals surface area contributed by atoms with Gasteiger partial charge in [0.05, 0.1) is 4.88 Å². The first-order chi connectivity index (χ1) is 15.2. The molecule has 0 unspecified atom stereocenters. The van der Waals surface area contributed by atoms with E-state index in [0.29, 0.717) is 22.1 Å². The second-order valence-electron chi connectivity index (χ2n) is 7.58. The summed E-state index contributed by atoms with van der Waals surface area (Å²) < 4.78 is 11.0. The molecule has 2 aromatic heterocycles. The SMILES string of the molecule is O=C(NC1CCCCCC1)c1cc(COc2ccc(NC(=O)c3cccs3)cc2)on1. The highest BCUT2D eigenvalue weighted by Crippen LogP contribution is 2.20. The highest BCUT2D eigenvalue weighted by molar-refractivity contribution is 7.12. The van der Waals surface area contributed by atoms with Gasteiger partial charge in [0.15, 0.2) is 11.5 Å². The minimum absolute atomic E-state index is 0.139. The Morgan fingerprint density at radius 2 is 1.84 bits per heavy atom. The molecule has 0 atom stereocenters. The lowest BCUT2D eigenvalue weighted by atomic mass is 10.1. The number of nitrogens with one attached hydrogen (secondary N) is 2. The minimum atomic E-state index is -0.201. The molecular weight excluding hydrogens is 414 g/mol. The standard InChI is InChI=1S/C23H25N3O4S/c27-22(24-16-6-3-1-2-4-7-16)20-14-19(30-26-20)15-29-18-11-9-17(10-12-18)25-23(28)21-8-5-13-31-21/h5,8-14,16H,1-4,6-7,15H2,(H,24,27)(H,25,28). The van der Waals surface area contributed by atoms with Crippen molar-refractivity contribution >= 4 is 28.8 Å². The Labute approximate surface area is 184 Å². The molecule has 0 spiro atoms. The lowest BCUT2D eigenvalue weighted by molar-refractivity contribution is 0.0923. The van der Waals surface area contributed by atoms with Gasteiger partial charge in [-0.1, -0.05) is 36.9 Å². The summed E-state index contributed by atoms with van der Waals surface area (Å²) in [5.41, 5.74) is 0.956. The number of hydrogen-bond donors (Lipinski definition) is 2. The van der Waals surface area contributed by atoms with Crippen molar-refractivity contribution in [2.24, 2.45) is 0 Å². The van der Waals surface area contributed by atoms with Crippen molar-refractivity contribution in [3.63, 3.8) is 0 Å². The maximum atomic E-state index is 12.4. The number of rotatable bonds is 7. The number of amides is 2. The first-order valence-electron chi connectivity index (χ1n) is 10.5. The second kappa shape index (κ2) is 10.3. The van der Waals surface area contributed by atoms with Gasteiger partial charge in [-0.3, -0.25) is 9.59 Å². The number of benzene rings is 1. The van der Waals surface area contributed by atoms with Crippen LogP contribution in [-0.2, 0) is 6.61 Å². The molecule has 0 radical (unpaired) electrons. The molecule has 2 N–H and O–H groups in total. The quantitative estimate of drug-likeness (QED) is 0.504. The summed E-state index contributed by atoms with van der Waals surface area (Å²) in [5.74, 6) is 0.754. The van der Waals surface area contributed by atoms with Crippen molar-refractivity contribution in [3.05, 3.63) is 64.2 Å². The molecule has 0 aliphatic heterocycles. The molecular formula is C23H25N3O4S. The van der Waals surface area contributed by atoms with Gasteiger partial charge in [0.2, 0.25) is 0 Å². The monoisotopic (exact) mass is 439 g/mol. The molecule has 31 heavy (non-hydrogen) atoms. The molecule has 1 fully saturated rings. The summed E-state index contributed by atoms with van der Waals surface area (Å²) in [6.45, 7) is 0.157. The van der Waals surface area contributed by atoms with Crippen LogP contribution in [0, 0.1) is 0 Å². The van der Waals surface area contributed by atoms with E-state index in [1.807, 2.05) is 11.4 Å². The van der Waals surface area contributed by atoms with Crippen LogP contribution in [0.3, 0.4) is 0 Å². The van der Waals surface area contributed by atoms with Crippen LogP contribution in [0.5, 0.6) is 5.75 Å². The third kappa shape index (κ3) is 5.95. The second-order valence-corrected chi connectivity index (χ2v) is 8.53. The Balaban J connectivity index is 1.26. The Kier molecular flexibility index (Phi) is 6.99. The van der Waals surface area contributed by atoms with Gasteiger partial charge in [0, 0.05) is 17.8 Å². The van der Waals surface area contributed by atoms with E-state index < -0.39 is 0 Å². The molecule has 0 bridgehead atoms. The Hall–Kier alpha value is -3.13. The predicted molar refractivity (Wildman–Crippen MR) is 119 cm³/mol. The number of nitrogens with zero attached hydrogens (tertiary/aromatic N) is 1. The van der Waals surface area contributed by atoms with Crippen LogP contribution >= 0.6 is 11.3 Å². The van der Waals surface area contributed by atoms with Crippen molar-refractivity contribution in [1.82, 2.24) is 10.5 Å². The van der Waals surface area contributed by atoms with Crippen molar-refractivity contribution in [3.8, 4) is 5.75 Å². The third-order valence-electron chi connectivity index (χ3n) is 5.22. The van der Waals surface area contributed by atoms with Crippen LogP contribution in [0.4, 0.5) is 5.69 Å². The zero-order valence-electron chi connectivity index (χ0n) is 17.1. The van der Waals surface area contributed by atoms with E-state index in [-0.39, 0.29) is 30.2 Å². The van der Waals surface area contributed by atoms with E-state index in [9.17, 15) is 9.59 Å². The summed E-state index contributed by atoms with van der Waals surface area (Å²) in [4.78, 5) is 25.2. The van der Waals surface area contributed by atoms with E-state index in [1.165, 1.54) is 24.2 Å². The number of ether oxygens (including phenoxy) is 1. The van der Waals surface area contributed by atoms with Gasteiger partial charge in [-0.05, 0) is 48.6 Å². The highest BCUT2D eigenvalue weighted by Gasteiger charge is 2.18. The molecule has 1 saturated carbocycles. The fourth-order valence-electron chi connectivity index (χ4n) is 3.56. The lowest BCUT2D eigenvalue weighted by Gasteiger charge is -2.14. The first kappa shape index (κ1) is 21.1. The topological polar surface area (TPSA) is 93.5 Å². The number of thiophene rings is 1. The number of carbonyl (C=O) groups excluding carboxylic acids is 2. The zero-order valence-corrected chi connectivity index (χ0v) is 18.0. The lowest BCUT2D eigenvalue weighted by Crippen LogP contribution is -2.34. The van der Waals surface area contributed by atoms with Crippen LogP contribution in [0.25, 0.3) is 0 Å². The van der Waals surface area contributed by atoms with Gasteiger partial charge in [0.25, 0.3) is 11.8 Å². The average Bonchev–Trinajstić information content (AvgIpc) is 3.42. The van der Waals surface area contributed by atoms with Crippen LogP contribution in [0.15, 0.2) is 52.4 Å². The normalized spacial score (nSPS) is 14.6. The molecule has 1 aliphatic rings. The summed E-state index contributed by atoms with van der Waals surface area (Å²) >= 11 is 1.39. The Bertz CT molecular complexity index is 990. The molecule has 3 aromatic rings.